The van der Waals surface area contributed by atoms with Crippen molar-refractivity contribution in [1.82, 2.24) is 24.4 Å². The summed E-state index contributed by atoms with van der Waals surface area (Å²) in [5.41, 5.74) is 10.3. The molecular formula is C26H30FN7. The maximum Gasteiger partial charge on any atom is 0.165 e. The van der Waals surface area contributed by atoms with E-state index in [1.807, 2.05) is 55.7 Å². The topological polar surface area (TPSA) is 76.1 Å². The van der Waals surface area contributed by atoms with Crippen molar-refractivity contribution in [2.45, 2.75) is 39.3 Å². The Morgan fingerprint density at radius 3 is 2.50 bits per heavy atom. The zero-order valence-electron chi connectivity index (χ0n) is 20.0. The van der Waals surface area contributed by atoms with Crippen LogP contribution in [-0.4, -0.2) is 56.6 Å². The van der Waals surface area contributed by atoms with Gasteiger partial charge >= 0.3 is 0 Å². The van der Waals surface area contributed by atoms with Gasteiger partial charge in [-0.05, 0) is 56.8 Å². The van der Waals surface area contributed by atoms with Gasteiger partial charge in [0.1, 0.15) is 23.0 Å². The first kappa shape index (κ1) is 22.3. The van der Waals surface area contributed by atoms with Crippen molar-refractivity contribution in [3.05, 3.63) is 60.3 Å². The Kier molecular flexibility index (Phi) is 5.69. The fourth-order valence-electron chi connectivity index (χ4n) is 5.18. The molecule has 2 aliphatic heterocycles. The number of halogens is 1. The minimum absolute atomic E-state index is 0.211. The van der Waals surface area contributed by atoms with Gasteiger partial charge in [-0.15, -0.1) is 0 Å². The summed E-state index contributed by atoms with van der Waals surface area (Å²) in [5, 5.41) is 0. The third-order valence-corrected chi connectivity index (χ3v) is 6.76. The van der Waals surface area contributed by atoms with Crippen LogP contribution in [0.15, 0.2) is 48.7 Å². The van der Waals surface area contributed by atoms with Crippen molar-refractivity contribution in [3.8, 4) is 16.9 Å². The number of anilines is 2. The van der Waals surface area contributed by atoms with Crippen LogP contribution in [0.25, 0.3) is 28.1 Å². The van der Waals surface area contributed by atoms with Gasteiger partial charge in [0.15, 0.2) is 5.65 Å². The number of hydrogen-bond acceptors (Lipinski definition) is 6. The van der Waals surface area contributed by atoms with E-state index in [1.54, 1.807) is 18.3 Å². The van der Waals surface area contributed by atoms with E-state index in [2.05, 4.69) is 26.8 Å². The number of likely N-dealkylation sites (N-methyl/N-ethyl adjacent to an activating group) is 1. The van der Waals surface area contributed by atoms with Crippen LogP contribution in [0.3, 0.4) is 0 Å². The van der Waals surface area contributed by atoms with Crippen molar-refractivity contribution in [3.63, 3.8) is 0 Å². The number of nitrogens with two attached hydrogens (primary N) is 1. The number of piperazine rings is 1. The molecule has 0 radical (unpaired) electrons. The number of aryl methyl sites for hydroxylation is 1. The normalized spacial score (nSPS) is 19.5. The van der Waals surface area contributed by atoms with Crippen molar-refractivity contribution in [2.75, 3.05) is 30.8 Å². The first-order valence-electron chi connectivity index (χ1n) is 11.8. The molecule has 3 aromatic heterocycles. The van der Waals surface area contributed by atoms with Gasteiger partial charge in [0.2, 0.25) is 0 Å². The number of fused-ring (bicyclic) bond motifs is 3. The van der Waals surface area contributed by atoms with E-state index >= 15 is 4.39 Å². The quantitative estimate of drug-likeness (QED) is 0.488. The van der Waals surface area contributed by atoms with Gasteiger partial charge in [-0.25, -0.2) is 19.3 Å². The summed E-state index contributed by atoms with van der Waals surface area (Å²) in [6.45, 7) is 7.78. The monoisotopic (exact) mass is 459 g/mol. The van der Waals surface area contributed by atoms with Crippen LogP contribution in [0, 0.1) is 12.7 Å². The first-order chi connectivity index (χ1) is 16.5. The molecule has 5 heterocycles. The highest BCUT2D eigenvalue weighted by Gasteiger charge is 2.42. The zero-order valence-corrected chi connectivity index (χ0v) is 20.0. The number of imidazole rings is 1. The highest BCUT2D eigenvalue weighted by atomic mass is 19.1. The predicted molar refractivity (Wildman–Crippen MR) is 135 cm³/mol. The van der Waals surface area contributed by atoms with Gasteiger partial charge in [-0.3, -0.25) is 9.47 Å². The number of nitrogen functional groups attached to an aromatic ring is 1. The second-order valence-electron chi connectivity index (χ2n) is 8.77. The maximum atomic E-state index is 15.3. The van der Waals surface area contributed by atoms with Crippen LogP contribution >= 0.6 is 0 Å². The van der Waals surface area contributed by atoms with Crippen LogP contribution in [0.1, 0.15) is 26.1 Å². The number of likely N-dealkylation sites (tertiary alicyclic amines) is 1. The third kappa shape index (κ3) is 3.68. The summed E-state index contributed by atoms with van der Waals surface area (Å²) in [4.78, 5) is 18.1. The van der Waals surface area contributed by atoms with E-state index in [1.165, 1.54) is 0 Å². The molecule has 2 fully saturated rings. The second-order valence-corrected chi connectivity index (χ2v) is 8.77. The van der Waals surface area contributed by atoms with Gasteiger partial charge in [-0.2, -0.15) is 0 Å². The molecule has 2 atom stereocenters. The van der Waals surface area contributed by atoms with E-state index in [9.17, 15) is 0 Å². The molecule has 0 spiro atoms. The number of benzene rings is 1. The zero-order chi connectivity index (χ0) is 24.0. The smallest absolute Gasteiger partial charge is 0.165 e. The number of hydrogen-bond donors (Lipinski definition) is 1. The van der Waals surface area contributed by atoms with E-state index in [4.69, 9.17) is 10.7 Å². The van der Waals surface area contributed by atoms with E-state index in [-0.39, 0.29) is 5.82 Å². The molecule has 7 nitrogen and oxygen atoms in total. The third-order valence-electron chi connectivity index (χ3n) is 6.76. The molecule has 4 aromatic rings. The largest absolute Gasteiger partial charge is 0.384 e. The van der Waals surface area contributed by atoms with Gasteiger partial charge in [0.05, 0.1) is 17.1 Å². The Hall–Kier alpha value is -3.52. The SMILES string of the molecule is CC.Cc1nc2ccc(-c3ccnc(N)c3)nc2n1-c1ccc(N2C[C@@H]3C[C@H]2CN3C)c(F)c1. The van der Waals surface area contributed by atoms with Gasteiger partial charge in [-0.1, -0.05) is 13.8 Å². The molecule has 2 aliphatic rings. The van der Waals surface area contributed by atoms with Crippen LogP contribution in [0.2, 0.25) is 0 Å². The molecule has 2 N–H and O–H groups in total. The summed E-state index contributed by atoms with van der Waals surface area (Å²) >= 11 is 0. The Bertz CT molecular complexity index is 1350. The molecule has 1 aromatic carbocycles. The molecule has 2 saturated heterocycles. The van der Waals surface area contributed by atoms with Crippen LogP contribution in [0.4, 0.5) is 15.9 Å². The fourth-order valence-corrected chi connectivity index (χ4v) is 5.18. The average molecular weight is 460 g/mol. The molecule has 6 rings (SSSR count). The summed E-state index contributed by atoms with van der Waals surface area (Å²) in [5.74, 6) is 0.985. The standard InChI is InChI=1S/C24H24FN7.C2H6/c1-14-28-21-5-4-20(15-7-8-27-23(26)9-15)29-24(21)32(14)16-3-6-22(19(25)11-16)31-13-17-10-18(31)12-30(17)2;1-2/h3-9,11,17-18H,10,12-13H2,1-2H3,(H2,26,27);1-2H3/t17-,18-;/m0./s1. The summed E-state index contributed by atoms with van der Waals surface area (Å²) in [7, 11) is 2.15. The molecular weight excluding hydrogens is 429 g/mol. The number of pyridine rings is 2. The Balaban J connectivity index is 0.00000117. The van der Waals surface area contributed by atoms with Gasteiger partial charge < -0.3 is 10.6 Å². The van der Waals surface area contributed by atoms with Gasteiger partial charge in [0, 0.05) is 43.0 Å². The number of rotatable bonds is 3. The van der Waals surface area contributed by atoms with Crippen molar-refractivity contribution >= 4 is 22.7 Å². The summed E-state index contributed by atoms with van der Waals surface area (Å²) < 4.78 is 17.2. The molecule has 8 heteroatoms. The molecule has 176 valence electrons. The Morgan fingerprint density at radius 2 is 1.82 bits per heavy atom. The fraction of sp³-hybridized carbons (Fsp3) is 0.346. The second kappa shape index (κ2) is 8.68. The lowest BCUT2D eigenvalue weighted by molar-refractivity contribution is 0.292. The summed E-state index contributed by atoms with van der Waals surface area (Å²) in [6, 6.07) is 13.9. The average Bonchev–Trinajstić information content (AvgIpc) is 3.51. The van der Waals surface area contributed by atoms with Crippen molar-refractivity contribution in [1.29, 1.82) is 0 Å². The van der Waals surface area contributed by atoms with E-state index in [0.717, 1.165) is 42.1 Å². The molecule has 2 bridgehead atoms. The Morgan fingerprint density at radius 1 is 1.00 bits per heavy atom. The minimum Gasteiger partial charge on any atom is -0.384 e. The Labute approximate surface area is 199 Å². The lowest BCUT2D eigenvalue weighted by atomic mass is 10.1. The van der Waals surface area contributed by atoms with Crippen molar-refractivity contribution in [2.24, 2.45) is 0 Å². The van der Waals surface area contributed by atoms with Crippen LogP contribution in [-0.2, 0) is 0 Å². The van der Waals surface area contributed by atoms with E-state index < -0.39 is 0 Å². The van der Waals surface area contributed by atoms with Crippen LogP contribution in [0.5, 0.6) is 0 Å². The number of aromatic nitrogens is 4. The predicted octanol–water partition coefficient (Wildman–Crippen LogP) is 4.43. The highest BCUT2D eigenvalue weighted by molar-refractivity contribution is 5.78. The lowest BCUT2D eigenvalue weighted by Gasteiger charge is -2.33. The molecule has 0 saturated carbocycles. The number of nitrogens with zero attached hydrogens (tertiary/aromatic N) is 6. The lowest BCUT2D eigenvalue weighted by Crippen LogP contribution is -2.44. The van der Waals surface area contributed by atoms with E-state index in [0.29, 0.717) is 34.9 Å². The summed E-state index contributed by atoms with van der Waals surface area (Å²) in [6.07, 6.45) is 2.77. The van der Waals surface area contributed by atoms with Crippen LogP contribution < -0.4 is 10.6 Å². The molecule has 0 aliphatic carbocycles. The molecule has 0 amide bonds. The highest BCUT2D eigenvalue weighted by Crippen LogP contribution is 2.36. The van der Waals surface area contributed by atoms with Crippen molar-refractivity contribution < 1.29 is 4.39 Å². The minimum atomic E-state index is -0.211. The molecule has 0 unspecified atom stereocenters. The van der Waals surface area contributed by atoms with Gasteiger partial charge in [0.25, 0.3) is 0 Å². The molecule has 34 heavy (non-hydrogen) atoms. The maximum absolute atomic E-state index is 15.3. The first-order valence-corrected chi connectivity index (χ1v) is 11.8.